The summed E-state index contributed by atoms with van der Waals surface area (Å²) in [7, 11) is 4.78. The van der Waals surface area contributed by atoms with Crippen LogP contribution in [-0.4, -0.2) is 27.1 Å². The standard InChI is InChI=1S/C26H26N2O4S/c1-30-21-13-16(14-22(31-2)26(21)32-3)25-24-19(27-17-7-4-5-8-18(17)28-25)11-15(12-20(24)29)23-9-6-10-33-23/h4-10,13-15,25,27-28H,11-12H2,1-3H3. The Labute approximate surface area is 197 Å². The molecule has 0 bridgehead atoms. The third-order valence-corrected chi connectivity index (χ3v) is 7.31. The number of hydrogen-bond donors (Lipinski definition) is 2. The fourth-order valence-corrected chi connectivity index (χ4v) is 5.57. The summed E-state index contributed by atoms with van der Waals surface area (Å²) in [4.78, 5) is 14.9. The van der Waals surface area contributed by atoms with Gasteiger partial charge in [0, 0.05) is 28.5 Å². The SMILES string of the molecule is COc1cc(C2Nc3ccccc3NC3=C2C(=O)CC(c2cccs2)C3)cc(OC)c1OC. The van der Waals surface area contributed by atoms with E-state index in [1.807, 2.05) is 42.5 Å². The van der Waals surface area contributed by atoms with Crippen LogP contribution in [0.5, 0.6) is 17.2 Å². The molecule has 0 spiro atoms. The van der Waals surface area contributed by atoms with Crippen molar-refractivity contribution in [2.24, 2.45) is 0 Å². The molecule has 2 unspecified atom stereocenters. The quantitative estimate of drug-likeness (QED) is 0.503. The molecule has 33 heavy (non-hydrogen) atoms. The fourth-order valence-electron chi connectivity index (χ4n) is 4.74. The summed E-state index contributed by atoms with van der Waals surface area (Å²) in [6.45, 7) is 0. The van der Waals surface area contributed by atoms with Crippen LogP contribution >= 0.6 is 11.3 Å². The Balaban J connectivity index is 1.66. The van der Waals surface area contributed by atoms with E-state index < -0.39 is 0 Å². The molecule has 2 aliphatic rings. The van der Waals surface area contributed by atoms with E-state index in [4.69, 9.17) is 14.2 Å². The molecule has 2 aromatic carbocycles. The van der Waals surface area contributed by atoms with Crippen LogP contribution in [0.15, 0.2) is 65.2 Å². The smallest absolute Gasteiger partial charge is 0.203 e. The maximum Gasteiger partial charge on any atom is 0.203 e. The molecular formula is C26H26N2O4S. The van der Waals surface area contributed by atoms with Crippen molar-refractivity contribution < 1.29 is 19.0 Å². The van der Waals surface area contributed by atoms with Gasteiger partial charge in [-0.25, -0.2) is 0 Å². The maximum absolute atomic E-state index is 13.6. The van der Waals surface area contributed by atoms with Gasteiger partial charge in [-0.3, -0.25) is 4.79 Å². The number of fused-ring (bicyclic) bond motifs is 1. The number of thiophene rings is 1. The molecule has 0 amide bonds. The molecule has 7 heteroatoms. The molecule has 1 aliphatic heterocycles. The molecule has 0 saturated carbocycles. The third kappa shape index (κ3) is 3.82. The summed E-state index contributed by atoms with van der Waals surface area (Å²) in [6, 6.07) is 15.7. The first-order valence-electron chi connectivity index (χ1n) is 10.8. The van der Waals surface area contributed by atoms with Crippen LogP contribution in [0.3, 0.4) is 0 Å². The van der Waals surface area contributed by atoms with Gasteiger partial charge in [0.15, 0.2) is 17.3 Å². The number of methoxy groups -OCH3 is 3. The molecule has 2 heterocycles. The minimum absolute atomic E-state index is 0.140. The van der Waals surface area contributed by atoms with Crippen LogP contribution in [0.25, 0.3) is 0 Å². The zero-order valence-electron chi connectivity index (χ0n) is 18.8. The molecule has 1 aliphatic carbocycles. The first kappa shape index (κ1) is 21.4. The lowest BCUT2D eigenvalue weighted by Gasteiger charge is -2.29. The number of Topliss-reactive ketones (excluding diaryl/α,β-unsaturated/α-hetero) is 1. The van der Waals surface area contributed by atoms with Crippen molar-refractivity contribution in [3.8, 4) is 17.2 Å². The molecule has 0 fully saturated rings. The van der Waals surface area contributed by atoms with E-state index in [-0.39, 0.29) is 17.7 Å². The maximum atomic E-state index is 13.6. The molecule has 6 nitrogen and oxygen atoms in total. The number of anilines is 2. The lowest BCUT2D eigenvalue weighted by atomic mass is 9.80. The van der Waals surface area contributed by atoms with E-state index in [1.165, 1.54) is 4.88 Å². The van der Waals surface area contributed by atoms with Gasteiger partial charge in [-0.2, -0.15) is 0 Å². The molecule has 5 rings (SSSR count). The zero-order chi connectivity index (χ0) is 22.9. The van der Waals surface area contributed by atoms with E-state index in [9.17, 15) is 4.79 Å². The minimum Gasteiger partial charge on any atom is -0.493 e. The Morgan fingerprint density at radius 3 is 2.27 bits per heavy atom. The topological polar surface area (TPSA) is 68.8 Å². The van der Waals surface area contributed by atoms with Crippen LogP contribution in [0, 0.1) is 0 Å². The Morgan fingerprint density at radius 2 is 1.64 bits per heavy atom. The van der Waals surface area contributed by atoms with Gasteiger partial charge in [-0.05, 0) is 47.7 Å². The highest BCUT2D eigenvalue weighted by molar-refractivity contribution is 7.10. The van der Waals surface area contributed by atoms with E-state index >= 15 is 0 Å². The van der Waals surface area contributed by atoms with Crippen molar-refractivity contribution in [2.45, 2.75) is 24.8 Å². The number of carbonyl (C=O) groups excluding carboxylic acids is 1. The number of ketones is 1. The molecular weight excluding hydrogens is 436 g/mol. The second-order valence-electron chi connectivity index (χ2n) is 8.14. The average Bonchev–Trinajstić information content (AvgIpc) is 3.32. The van der Waals surface area contributed by atoms with E-state index in [2.05, 4.69) is 22.1 Å². The first-order valence-corrected chi connectivity index (χ1v) is 11.7. The van der Waals surface area contributed by atoms with Crippen molar-refractivity contribution in [3.05, 3.63) is 75.6 Å². The van der Waals surface area contributed by atoms with Gasteiger partial charge in [0.1, 0.15) is 0 Å². The molecule has 0 radical (unpaired) electrons. The van der Waals surface area contributed by atoms with E-state index in [1.54, 1.807) is 32.7 Å². The van der Waals surface area contributed by atoms with E-state index in [0.29, 0.717) is 23.7 Å². The third-order valence-electron chi connectivity index (χ3n) is 6.27. The highest BCUT2D eigenvalue weighted by Gasteiger charge is 2.37. The summed E-state index contributed by atoms with van der Waals surface area (Å²) in [5, 5.41) is 9.25. The second kappa shape index (κ2) is 8.83. The summed E-state index contributed by atoms with van der Waals surface area (Å²) >= 11 is 1.71. The average molecular weight is 463 g/mol. The van der Waals surface area contributed by atoms with Crippen molar-refractivity contribution in [3.63, 3.8) is 0 Å². The predicted octanol–water partition coefficient (Wildman–Crippen LogP) is 5.75. The lowest BCUT2D eigenvalue weighted by molar-refractivity contribution is -0.116. The van der Waals surface area contributed by atoms with Crippen molar-refractivity contribution in [1.29, 1.82) is 0 Å². The van der Waals surface area contributed by atoms with Gasteiger partial charge in [0.05, 0.1) is 38.7 Å². The number of rotatable bonds is 5. The van der Waals surface area contributed by atoms with Crippen LogP contribution in [0.1, 0.15) is 35.2 Å². The predicted molar refractivity (Wildman–Crippen MR) is 131 cm³/mol. The van der Waals surface area contributed by atoms with Gasteiger partial charge in [0.25, 0.3) is 0 Å². The Bertz CT molecular complexity index is 1190. The Hall–Kier alpha value is -3.45. The number of carbonyl (C=O) groups is 1. The number of nitrogens with one attached hydrogen (secondary N) is 2. The van der Waals surface area contributed by atoms with Gasteiger partial charge in [-0.1, -0.05) is 18.2 Å². The molecule has 2 atom stereocenters. The van der Waals surface area contributed by atoms with Crippen molar-refractivity contribution in [2.75, 3.05) is 32.0 Å². The van der Waals surface area contributed by atoms with Crippen LogP contribution in [0.4, 0.5) is 11.4 Å². The number of ether oxygens (including phenoxy) is 3. The zero-order valence-corrected chi connectivity index (χ0v) is 19.6. The number of hydrogen-bond acceptors (Lipinski definition) is 7. The first-order chi connectivity index (χ1) is 16.1. The van der Waals surface area contributed by atoms with Crippen LogP contribution in [0.2, 0.25) is 0 Å². The molecule has 1 aromatic heterocycles. The summed E-state index contributed by atoms with van der Waals surface area (Å²) < 4.78 is 16.7. The van der Waals surface area contributed by atoms with Gasteiger partial charge >= 0.3 is 0 Å². The van der Waals surface area contributed by atoms with Crippen LogP contribution < -0.4 is 24.8 Å². The monoisotopic (exact) mass is 462 g/mol. The molecule has 0 saturated heterocycles. The minimum atomic E-state index is -0.360. The van der Waals surface area contributed by atoms with Crippen LogP contribution in [-0.2, 0) is 4.79 Å². The van der Waals surface area contributed by atoms with Crippen molar-refractivity contribution in [1.82, 2.24) is 0 Å². The van der Waals surface area contributed by atoms with E-state index in [0.717, 1.165) is 34.6 Å². The summed E-state index contributed by atoms with van der Waals surface area (Å²) in [5.74, 6) is 1.95. The van der Waals surface area contributed by atoms with Crippen molar-refractivity contribution >= 4 is 28.5 Å². The second-order valence-corrected chi connectivity index (χ2v) is 9.12. The summed E-state index contributed by atoms with van der Waals surface area (Å²) in [6.07, 6.45) is 1.26. The Kier molecular flexibility index (Phi) is 5.72. The van der Waals surface area contributed by atoms with Gasteiger partial charge < -0.3 is 24.8 Å². The van der Waals surface area contributed by atoms with Gasteiger partial charge in [-0.15, -0.1) is 11.3 Å². The highest BCUT2D eigenvalue weighted by Crippen LogP contribution is 2.47. The molecule has 170 valence electrons. The normalized spacial score (nSPS) is 19.5. The number of allylic oxidation sites excluding steroid dienone is 1. The number of para-hydroxylation sites is 2. The highest BCUT2D eigenvalue weighted by atomic mass is 32.1. The molecule has 2 N–H and O–H groups in total. The summed E-state index contributed by atoms with van der Waals surface area (Å²) in [5.41, 5.74) is 4.48. The van der Waals surface area contributed by atoms with Gasteiger partial charge in [0.2, 0.25) is 5.75 Å². The Morgan fingerprint density at radius 1 is 0.909 bits per heavy atom. The molecule has 3 aromatic rings. The number of benzene rings is 2. The largest absolute Gasteiger partial charge is 0.493 e. The fraction of sp³-hybridized carbons (Fsp3) is 0.269. The lowest BCUT2D eigenvalue weighted by Crippen LogP contribution is -2.26.